The third-order valence-electron chi connectivity index (χ3n) is 6.85. The maximum Gasteiger partial charge on any atom is 0.224 e. The molecular formula is C29H34N2O5S. The lowest BCUT2D eigenvalue weighted by atomic mass is 9.88. The topological polar surface area (TPSA) is 116 Å². The number of fused-ring (bicyclic) bond motifs is 1. The molecular weight excluding hydrogens is 488 g/mol. The van der Waals surface area contributed by atoms with E-state index in [2.05, 4.69) is 10.0 Å². The predicted octanol–water partition coefficient (Wildman–Crippen LogP) is 2.53. The van der Waals surface area contributed by atoms with Crippen LogP contribution in [-0.2, 0) is 34.1 Å². The SMILES string of the molecule is CS(=O)(=O)NC(Cc1ccccc1)C(O)CC(Cc1ccccc1)C(=O)N[C@H]1c2ccccc2C[C@@H]1O. The van der Waals surface area contributed by atoms with Crippen molar-refractivity contribution in [3.8, 4) is 0 Å². The molecule has 3 aromatic carbocycles. The van der Waals surface area contributed by atoms with Crippen molar-refractivity contribution < 1.29 is 23.4 Å². The summed E-state index contributed by atoms with van der Waals surface area (Å²) in [4.78, 5) is 13.6. The lowest BCUT2D eigenvalue weighted by molar-refractivity contribution is -0.127. The van der Waals surface area contributed by atoms with Crippen LogP contribution >= 0.6 is 0 Å². The van der Waals surface area contributed by atoms with Crippen LogP contribution in [0.1, 0.15) is 34.7 Å². The number of carbonyl (C=O) groups is 1. The molecule has 3 aromatic rings. The second-order valence-electron chi connectivity index (χ2n) is 9.83. The quantitative estimate of drug-likeness (QED) is 0.309. The molecule has 3 unspecified atom stereocenters. The van der Waals surface area contributed by atoms with Gasteiger partial charge in [0.15, 0.2) is 0 Å². The summed E-state index contributed by atoms with van der Waals surface area (Å²) in [6.45, 7) is 0. The van der Waals surface area contributed by atoms with Crippen molar-refractivity contribution in [2.75, 3.05) is 6.26 Å². The lowest BCUT2D eigenvalue weighted by Gasteiger charge is -2.28. The number of benzene rings is 3. The summed E-state index contributed by atoms with van der Waals surface area (Å²) in [6, 6.07) is 25.1. The molecule has 7 nitrogen and oxygen atoms in total. The van der Waals surface area contributed by atoms with Crippen LogP contribution in [0, 0.1) is 5.92 Å². The summed E-state index contributed by atoms with van der Waals surface area (Å²) in [5, 5.41) is 24.9. The number of carbonyl (C=O) groups excluding carboxylic acids is 1. The van der Waals surface area contributed by atoms with Crippen molar-refractivity contribution in [1.82, 2.24) is 10.0 Å². The standard InChI is InChI=1S/C29H34N2O5S/c1-37(35,36)31-25(17-21-12-6-3-7-13-21)26(32)19-23(16-20-10-4-2-5-11-20)29(34)30-28-24-15-9-8-14-22(24)18-27(28)33/h2-15,23,25-28,31-33H,16-19H2,1H3,(H,30,34)/t23?,25?,26?,27-,28-/m0/s1. The fraction of sp³-hybridized carbons (Fsp3) is 0.345. The first-order chi connectivity index (χ1) is 17.7. The molecule has 4 rings (SSSR count). The average molecular weight is 523 g/mol. The van der Waals surface area contributed by atoms with Crippen LogP contribution in [-0.4, -0.2) is 49.0 Å². The van der Waals surface area contributed by atoms with E-state index in [1.807, 2.05) is 84.9 Å². The van der Waals surface area contributed by atoms with E-state index >= 15 is 0 Å². The molecule has 0 saturated heterocycles. The van der Waals surface area contributed by atoms with E-state index in [1.165, 1.54) is 0 Å². The highest BCUT2D eigenvalue weighted by Crippen LogP contribution is 2.32. The number of sulfonamides is 1. The first kappa shape index (κ1) is 27.0. The van der Waals surface area contributed by atoms with Crippen molar-refractivity contribution >= 4 is 15.9 Å². The molecule has 1 amide bonds. The number of hydrogen-bond acceptors (Lipinski definition) is 5. The van der Waals surface area contributed by atoms with E-state index in [-0.39, 0.29) is 18.7 Å². The van der Waals surface area contributed by atoms with Crippen LogP contribution in [0.3, 0.4) is 0 Å². The molecule has 5 atom stereocenters. The van der Waals surface area contributed by atoms with Crippen molar-refractivity contribution in [2.45, 2.75) is 50.0 Å². The Morgan fingerprint density at radius 1 is 0.919 bits per heavy atom. The van der Waals surface area contributed by atoms with E-state index in [9.17, 15) is 23.4 Å². The maximum atomic E-state index is 13.6. The monoisotopic (exact) mass is 522 g/mol. The van der Waals surface area contributed by atoms with Gasteiger partial charge in [0, 0.05) is 12.3 Å². The lowest BCUT2D eigenvalue weighted by Crippen LogP contribution is -2.47. The van der Waals surface area contributed by atoms with Crippen LogP contribution in [0.5, 0.6) is 0 Å². The maximum absolute atomic E-state index is 13.6. The molecule has 0 fully saturated rings. The summed E-state index contributed by atoms with van der Waals surface area (Å²) >= 11 is 0. The Morgan fingerprint density at radius 2 is 1.49 bits per heavy atom. The van der Waals surface area contributed by atoms with Crippen LogP contribution < -0.4 is 10.0 Å². The van der Waals surface area contributed by atoms with E-state index in [0.29, 0.717) is 12.8 Å². The third kappa shape index (κ3) is 7.49. The van der Waals surface area contributed by atoms with E-state index < -0.39 is 40.2 Å². The van der Waals surface area contributed by atoms with Crippen molar-refractivity contribution in [3.63, 3.8) is 0 Å². The smallest absolute Gasteiger partial charge is 0.224 e. The minimum atomic E-state index is -3.61. The minimum Gasteiger partial charge on any atom is -0.391 e. The molecule has 196 valence electrons. The second kappa shape index (κ2) is 12.0. The van der Waals surface area contributed by atoms with Gasteiger partial charge in [0.1, 0.15) is 0 Å². The van der Waals surface area contributed by atoms with Gasteiger partial charge in [-0.25, -0.2) is 13.1 Å². The Balaban J connectivity index is 1.55. The van der Waals surface area contributed by atoms with Gasteiger partial charge in [-0.05, 0) is 41.5 Å². The van der Waals surface area contributed by atoms with Crippen molar-refractivity contribution in [1.29, 1.82) is 0 Å². The Bertz CT molecular complexity index is 1280. The Morgan fingerprint density at radius 3 is 2.11 bits per heavy atom. The first-order valence-corrected chi connectivity index (χ1v) is 14.4. The molecule has 0 aliphatic heterocycles. The number of nitrogens with one attached hydrogen (secondary N) is 2. The number of aliphatic hydroxyl groups is 2. The highest BCUT2D eigenvalue weighted by atomic mass is 32.2. The highest BCUT2D eigenvalue weighted by Gasteiger charge is 2.35. The van der Waals surface area contributed by atoms with Crippen molar-refractivity contribution in [2.24, 2.45) is 5.92 Å². The van der Waals surface area contributed by atoms with E-state index in [0.717, 1.165) is 28.5 Å². The van der Waals surface area contributed by atoms with E-state index in [1.54, 1.807) is 0 Å². The van der Waals surface area contributed by atoms with Crippen LogP contribution in [0.4, 0.5) is 0 Å². The molecule has 4 N–H and O–H groups in total. The van der Waals surface area contributed by atoms with Gasteiger partial charge in [-0.1, -0.05) is 84.9 Å². The summed E-state index contributed by atoms with van der Waals surface area (Å²) in [5.41, 5.74) is 3.69. The molecule has 0 saturated carbocycles. The molecule has 0 bridgehead atoms. The number of aliphatic hydroxyl groups excluding tert-OH is 2. The number of hydrogen-bond donors (Lipinski definition) is 4. The first-order valence-electron chi connectivity index (χ1n) is 12.5. The van der Waals surface area contributed by atoms with Gasteiger partial charge in [0.2, 0.25) is 15.9 Å². The third-order valence-corrected chi connectivity index (χ3v) is 7.58. The van der Waals surface area contributed by atoms with Gasteiger partial charge in [0.05, 0.1) is 30.5 Å². The molecule has 0 spiro atoms. The number of rotatable bonds is 11. The fourth-order valence-corrected chi connectivity index (χ4v) is 5.85. The van der Waals surface area contributed by atoms with Crippen LogP contribution in [0.15, 0.2) is 84.9 Å². The summed E-state index contributed by atoms with van der Waals surface area (Å²) in [6.07, 6.45) is 0.367. The summed E-state index contributed by atoms with van der Waals surface area (Å²) in [7, 11) is -3.61. The van der Waals surface area contributed by atoms with Gasteiger partial charge in [-0.2, -0.15) is 0 Å². The second-order valence-corrected chi connectivity index (χ2v) is 11.6. The molecule has 37 heavy (non-hydrogen) atoms. The van der Waals surface area contributed by atoms with Gasteiger partial charge in [0.25, 0.3) is 0 Å². The number of amides is 1. The average Bonchev–Trinajstić information content (AvgIpc) is 3.18. The van der Waals surface area contributed by atoms with Gasteiger partial charge >= 0.3 is 0 Å². The molecule has 0 aromatic heterocycles. The highest BCUT2D eigenvalue weighted by molar-refractivity contribution is 7.88. The molecule has 1 aliphatic carbocycles. The van der Waals surface area contributed by atoms with E-state index in [4.69, 9.17) is 0 Å². The molecule has 8 heteroatoms. The minimum absolute atomic E-state index is 0.0468. The summed E-state index contributed by atoms with van der Waals surface area (Å²) in [5.74, 6) is -0.932. The summed E-state index contributed by atoms with van der Waals surface area (Å²) < 4.78 is 26.8. The molecule has 0 radical (unpaired) electrons. The predicted molar refractivity (Wildman–Crippen MR) is 143 cm³/mol. The molecule has 1 aliphatic rings. The van der Waals surface area contributed by atoms with Crippen LogP contribution in [0.2, 0.25) is 0 Å². The Labute approximate surface area is 218 Å². The fourth-order valence-electron chi connectivity index (χ4n) is 5.06. The largest absolute Gasteiger partial charge is 0.391 e. The van der Waals surface area contributed by atoms with Gasteiger partial charge in [-0.15, -0.1) is 0 Å². The normalized spacial score (nSPS) is 19.5. The zero-order valence-electron chi connectivity index (χ0n) is 20.8. The Kier molecular flexibility index (Phi) is 8.76. The van der Waals surface area contributed by atoms with Crippen molar-refractivity contribution in [3.05, 3.63) is 107 Å². The Hall–Kier alpha value is -3.04. The molecule has 0 heterocycles. The van der Waals surface area contributed by atoms with Crippen LogP contribution in [0.25, 0.3) is 0 Å². The zero-order valence-corrected chi connectivity index (χ0v) is 21.6. The van der Waals surface area contributed by atoms with Gasteiger partial charge in [-0.3, -0.25) is 4.79 Å². The zero-order chi connectivity index (χ0) is 26.4. The van der Waals surface area contributed by atoms with Gasteiger partial charge < -0.3 is 15.5 Å².